The van der Waals surface area contributed by atoms with Gasteiger partial charge in [-0.1, -0.05) is 32.9 Å². The summed E-state index contributed by atoms with van der Waals surface area (Å²) < 4.78 is 10.5. The van der Waals surface area contributed by atoms with Crippen molar-refractivity contribution in [2.24, 2.45) is 10.4 Å². The molecule has 0 atom stereocenters. The Bertz CT molecular complexity index is 595. The number of hydrogen-bond donors (Lipinski definition) is 3. The Kier molecular flexibility index (Phi) is 11.0. The Labute approximate surface area is 169 Å². The monoisotopic (exact) mass is 392 g/mol. The van der Waals surface area contributed by atoms with Gasteiger partial charge in [0, 0.05) is 38.3 Å². The van der Waals surface area contributed by atoms with Gasteiger partial charge in [0.25, 0.3) is 0 Å². The normalized spacial score (nSPS) is 11.8. The van der Waals surface area contributed by atoms with Gasteiger partial charge in [-0.05, 0) is 31.0 Å². The molecule has 1 aromatic rings. The summed E-state index contributed by atoms with van der Waals surface area (Å²) in [5.41, 5.74) is 0.709. The van der Waals surface area contributed by atoms with Gasteiger partial charge in [-0.2, -0.15) is 0 Å². The van der Waals surface area contributed by atoms with E-state index in [9.17, 15) is 4.79 Å². The molecular formula is C21H36N4O3. The van der Waals surface area contributed by atoms with Crippen molar-refractivity contribution in [3.8, 4) is 5.75 Å². The van der Waals surface area contributed by atoms with E-state index < -0.39 is 0 Å². The van der Waals surface area contributed by atoms with Gasteiger partial charge in [-0.3, -0.25) is 4.79 Å². The number of nitrogens with zero attached hydrogens (tertiary/aromatic N) is 1. The third-order valence-electron chi connectivity index (χ3n) is 3.93. The lowest BCUT2D eigenvalue weighted by molar-refractivity contribution is -0.128. The van der Waals surface area contributed by atoms with Crippen LogP contribution in [0.15, 0.2) is 29.3 Å². The molecule has 0 saturated carbocycles. The fraction of sp³-hybridized carbons (Fsp3) is 0.619. The summed E-state index contributed by atoms with van der Waals surface area (Å²) in [5, 5.41) is 9.51. The molecule has 0 aliphatic rings. The average molecular weight is 393 g/mol. The zero-order valence-electron chi connectivity index (χ0n) is 17.9. The summed E-state index contributed by atoms with van der Waals surface area (Å²) in [4.78, 5) is 16.6. The summed E-state index contributed by atoms with van der Waals surface area (Å²) in [6, 6.07) is 7.85. The van der Waals surface area contributed by atoms with Gasteiger partial charge in [-0.15, -0.1) is 0 Å². The van der Waals surface area contributed by atoms with Crippen LogP contribution in [-0.4, -0.2) is 51.8 Å². The highest BCUT2D eigenvalue weighted by Crippen LogP contribution is 2.12. The van der Waals surface area contributed by atoms with Crippen molar-refractivity contribution in [1.82, 2.24) is 16.0 Å². The summed E-state index contributed by atoms with van der Waals surface area (Å²) in [6.07, 6.45) is 0.901. The molecule has 3 N–H and O–H groups in total. The van der Waals surface area contributed by atoms with Crippen molar-refractivity contribution in [2.75, 3.05) is 40.0 Å². The van der Waals surface area contributed by atoms with Crippen LogP contribution in [0.5, 0.6) is 5.75 Å². The molecule has 158 valence electrons. The van der Waals surface area contributed by atoms with Gasteiger partial charge in [0.05, 0.1) is 13.7 Å². The Morgan fingerprint density at radius 3 is 2.29 bits per heavy atom. The zero-order chi connectivity index (χ0) is 20.8. The number of guanidine groups is 1. The van der Waals surface area contributed by atoms with Gasteiger partial charge >= 0.3 is 0 Å². The van der Waals surface area contributed by atoms with Crippen molar-refractivity contribution in [3.63, 3.8) is 0 Å². The number of aliphatic imine (C=N–C) groups is 1. The maximum Gasteiger partial charge on any atom is 0.225 e. The summed E-state index contributed by atoms with van der Waals surface area (Å²) in [7, 11) is 1.65. The first kappa shape index (κ1) is 23.8. The number of ether oxygens (including phenoxy) is 2. The standard InChI is InChI=1S/C21H36N4O3/c1-6-28-15-7-12-23-20(24-14-13-22-19(26)21(2,3)4)25-16-17-8-10-18(27-5)11-9-17/h8-11H,6-7,12-16H2,1-5H3,(H,22,26)(H2,23,24,25). The van der Waals surface area contributed by atoms with Crippen LogP contribution in [0, 0.1) is 5.41 Å². The zero-order valence-corrected chi connectivity index (χ0v) is 17.9. The number of amides is 1. The van der Waals surface area contributed by atoms with E-state index in [1.54, 1.807) is 7.11 Å². The SMILES string of the molecule is CCOCCCNC(=NCc1ccc(OC)cc1)NCCNC(=O)C(C)(C)C. The second-order valence-electron chi connectivity index (χ2n) is 7.42. The molecule has 0 bridgehead atoms. The van der Waals surface area contributed by atoms with Gasteiger partial charge in [0.15, 0.2) is 5.96 Å². The minimum absolute atomic E-state index is 0.0377. The van der Waals surface area contributed by atoms with Crippen molar-refractivity contribution >= 4 is 11.9 Å². The van der Waals surface area contributed by atoms with Crippen LogP contribution in [0.25, 0.3) is 0 Å². The molecule has 7 nitrogen and oxygen atoms in total. The molecular weight excluding hydrogens is 356 g/mol. The predicted octanol–water partition coefficient (Wildman–Crippen LogP) is 2.32. The van der Waals surface area contributed by atoms with Crippen LogP contribution in [0.3, 0.4) is 0 Å². The second kappa shape index (κ2) is 13.0. The lowest BCUT2D eigenvalue weighted by atomic mass is 9.96. The van der Waals surface area contributed by atoms with Crippen LogP contribution >= 0.6 is 0 Å². The molecule has 0 radical (unpaired) electrons. The molecule has 0 aromatic heterocycles. The number of methoxy groups -OCH3 is 1. The fourth-order valence-corrected chi connectivity index (χ4v) is 2.22. The minimum Gasteiger partial charge on any atom is -0.497 e. The molecule has 0 aliphatic carbocycles. The number of nitrogens with one attached hydrogen (secondary N) is 3. The third-order valence-corrected chi connectivity index (χ3v) is 3.93. The van der Waals surface area contributed by atoms with Crippen LogP contribution in [0.2, 0.25) is 0 Å². The van der Waals surface area contributed by atoms with E-state index in [0.717, 1.165) is 43.5 Å². The molecule has 1 rings (SSSR count). The molecule has 0 aliphatic heterocycles. The first-order chi connectivity index (χ1) is 13.4. The van der Waals surface area contributed by atoms with E-state index >= 15 is 0 Å². The van der Waals surface area contributed by atoms with Gasteiger partial charge < -0.3 is 25.4 Å². The first-order valence-electron chi connectivity index (χ1n) is 9.88. The van der Waals surface area contributed by atoms with Crippen molar-refractivity contribution in [1.29, 1.82) is 0 Å². The first-order valence-corrected chi connectivity index (χ1v) is 9.88. The highest BCUT2D eigenvalue weighted by Gasteiger charge is 2.20. The van der Waals surface area contributed by atoms with Crippen molar-refractivity contribution < 1.29 is 14.3 Å². The van der Waals surface area contributed by atoms with Crippen molar-refractivity contribution in [2.45, 2.75) is 40.7 Å². The summed E-state index contributed by atoms with van der Waals surface area (Å²) in [6.45, 7) is 11.6. The van der Waals surface area contributed by atoms with E-state index in [2.05, 4.69) is 20.9 Å². The van der Waals surface area contributed by atoms with Crippen LogP contribution in [0.1, 0.15) is 39.7 Å². The van der Waals surface area contributed by atoms with Crippen LogP contribution in [-0.2, 0) is 16.1 Å². The molecule has 0 spiro atoms. The number of hydrogen-bond acceptors (Lipinski definition) is 4. The molecule has 0 heterocycles. The highest BCUT2D eigenvalue weighted by molar-refractivity contribution is 5.81. The summed E-state index contributed by atoms with van der Waals surface area (Å²) >= 11 is 0. The van der Waals surface area contributed by atoms with E-state index in [4.69, 9.17) is 9.47 Å². The molecule has 1 aromatic carbocycles. The Morgan fingerprint density at radius 2 is 1.68 bits per heavy atom. The molecule has 28 heavy (non-hydrogen) atoms. The highest BCUT2D eigenvalue weighted by atomic mass is 16.5. The Morgan fingerprint density at radius 1 is 1.04 bits per heavy atom. The van der Waals surface area contributed by atoms with Gasteiger partial charge in [0.1, 0.15) is 5.75 Å². The van der Waals surface area contributed by atoms with Crippen molar-refractivity contribution in [3.05, 3.63) is 29.8 Å². The quantitative estimate of drug-likeness (QED) is 0.306. The van der Waals surface area contributed by atoms with Gasteiger partial charge in [-0.25, -0.2) is 4.99 Å². The second-order valence-corrected chi connectivity index (χ2v) is 7.42. The maximum atomic E-state index is 11.9. The number of carbonyl (C=O) groups is 1. The lowest BCUT2D eigenvalue weighted by Gasteiger charge is -2.18. The van der Waals surface area contributed by atoms with E-state index in [0.29, 0.717) is 19.6 Å². The van der Waals surface area contributed by atoms with E-state index in [1.165, 1.54) is 0 Å². The summed E-state index contributed by atoms with van der Waals surface area (Å²) in [5.74, 6) is 1.59. The molecule has 0 saturated heterocycles. The number of rotatable bonds is 11. The maximum absolute atomic E-state index is 11.9. The largest absolute Gasteiger partial charge is 0.497 e. The Balaban J connectivity index is 2.52. The van der Waals surface area contributed by atoms with E-state index in [1.807, 2.05) is 52.0 Å². The minimum atomic E-state index is -0.386. The van der Waals surface area contributed by atoms with Crippen LogP contribution < -0.4 is 20.7 Å². The van der Waals surface area contributed by atoms with Crippen LogP contribution in [0.4, 0.5) is 0 Å². The molecule has 1 amide bonds. The molecule has 7 heteroatoms. The number of carbonyl (C=O) groups excluding carboxylic acids is 1. The average Bonchev–Trinajstić information content (AvgIpc) is 2.67. The van der Waals surface area contributed by atoms with Gasteiger partial charge in [0.2, 0.25) is 5.91 Å². The molecule has 0 fully saturated rings. The molecule has 0 unspecified atom stereocenters. The third kappa shape index (κ3) is 10.2. The Hall–Kier alpha value is -2.28. The fourth-order valence-electron chi connectivity index (χ4n) is 2.22. The number of benzene rings is 1. The smallest absolute Gasteiger partial charge is 0.225 e. The van der Waals surface area contributed by atoms with E-state index in [-0.39, 0.29) is 11.3 Å². The topological polar surface area (TPSA) is 84.0 Å². The predicted molar refractivity (Wildman–Crippen MR) is 114 cm³/mol. The lowest BCUT2D eigenvalue weighted by Crippen LogP contribution is -2.43.